The molecule has 8 heteroatoms. The van der Waals surface area contributed by atoms with Crippen molar-refractivity contribution in [3.8, 4) is 11.5 Å². The van der Waals surface area contributed by atoms with E-state index in [0.29, 0.717) is 11.5 Å². The Morgan fingerprint density at radius 2 is 1.58 bits per heavy atom. The lowest BCUT2D eigenvalue weighted by molar-refractivity contribution is -0.131. The lowest BCUT2D eigenvalue weighted by Crippen LogP contribution is -2.48. The van der Waals surface area contributed by atoms with Crippen molar-refractivity contribution >= 4 is 17.7 Å². The van der Waals surface area contributed by atoms with Crippen molar-refractivity contribution in [3.63, 3.8) is 0 Å². The molecule has 0 heterocycles. The standard InChI is InChI=1S/C18H25N3O5/c1-25-14-7-9-15(10-8-14)26-12-17(23)21-20-16(22)11-19-18(24)13-5-3-2-4-6-13/h7-10,13H,2-6,11-12H2,1H3,(H,19,24)(H,20,22)(H,21,23). The Labute approximate surface area is 152 Å². The highest BCUT2D eigenvalue weighted by Crippen LogP contribution is 2.23. The number of amides is 3. The molecule has 0 aliphatic heterocycles. The summed E-state index contributed by atoms with van der Waals surface area (Å²) in [4.78, 5) is 35.3. The average molecular weight is 363 g/mol. The fourth-order valence-electron chi connectivity index (χ4n) is 2.72. The maximum absolute atomic E-state index is 11.9. The van der Waals surface area contributed by atoms with Gasteiger partial charge in [0.05, 0.1) is 13.7 Å². The Bertz CT molecular complexity index is 612. The lowest BCUT2D eigenvalue weighted by atomic mass is 9.89. The van der Waals surface area contributed by atoms with Crippen LogP contribution in [0.2, 0.25) is 0 Å². The molecule has 0 radical (unpaired) electrons. The Balaban J connectivity index is 1.60. The molecule has 1 aromatic carbocycles. The second kappa shape index (κ2) is 10.3. The van der Waals surface area contributed by atoms with Crippen LogP contribution >= 0.6 is 0 Å². The van der Waals surface area contributed by atoms with Crippen molar-refractivity contribution in [2.75, 3.05) is 20.3 Å². The summed E-state index contributed by atoms with van der Waals surface area (Å²) < 4.78 is 10.3. The number of carbonyl (C=O) groups excluding carboxylic acids is 3. The van der Waals surface area contributed by atoms with Gasteiger partial charge in [-0.05, 0) is 37.1 Å². The fourth-order valence-corrected chi connectivity index (χ4v) is 2.72. The average Bonchev–Trinajstić information content (AvgIpc) is 2.69. The van der Waals surface area contributed by atoms with Gasteiger partial charge in [0.15, 0.2) is 6.61 Å². The van der Waals surface area contributed by atoms with Crippen molar-refractivity contribution in [3.05, 3.63) is 24.3 Å². The molecule has 1 aromatic rings. The molecule has 8 nitrogen and oxygen atoms in total. The van der Waals surface area contributed by atoms with Gasteiger partial charge < -0.3 is 14.8 Å². The van der Waals surface area contributed by atoms with Crippen LogP contribution < -0.4 is 25.6 Å². The van der Waals surface area contributed by atoms with Crippen LogP contribution in [-0.2, 0) is 14.4 Å². The van der Waals surface area contributed by atoms with Gasteiger partial charge in [-0.1, -0.05) is 19.3 Å². The summed E-state index contributed by atoms with van der Waals surface area (Å²) in [6, 6.07) is 6.77. The third-order valence-electron chi connectivity index (χ3n) is 4.17. The first-order valence-electron chi connectivity index (χ1n) is 8.70. The molecule has 1 fully saturated rings. The minimum atomic E-state index is -0.507. The molecular weight excluding hydrogens is 338 g/mol. The highest BCUT2D eigenvalue weighted by molar-refractivity contribution is 5.87. The van der Waals surface area contributed by atoms with Crippen LogP contribution in [0.5, 0.6) is 11.5 Å². The Kier molecular flexibility index (Phi) is 7.73. The number of hydrazine groups is 1. The van der Waals surface area contributed by atoms with Crippen LogP contribution in [0, 0.1) is 5.92 Å². The van der Waals surface area contributed by atoms with Gasteiger partial charge in [-0.2, -0.15) is 0 Å². The van der Waals surface area contributed by atoms with Crippen molar-refractivity contribution < 1.29 is 23.9 Å². The molecule has 0 bridgehead atoms. The SMILES string of the molecule is COc1ccc(OCC(=O)NNC(=O)CNC(=O)C2CCCCC2)cc1. The number of methoxy groups -OCH3 is 1. The normalized spacial score (nSPS) is 14.2. The molecule has 1 aliphatic carbocycles. The van der Waals surface area contributed by atoms with Crippen LogP contribution in [0.15, 0.2) is 24.3 Å². The van der Waals surface area contributed by atoms with Crippen molar-refractivity contribution in [1.82, 2.24) is 16.2 Å². The maximum Gasteiger partial charge on any atom is 0.276 e. The number of rotatable bonds is 7. The van der Waals surface area contributed by atoms with Crippen molar-refractivity contribution in [1.29, 1.82) is 0 Å². The fraction of sp³-hybridized carbons (Fsp3) is 0.500. The topological polar surface area (TPSA) is 106 Å². The zero-order chi connectivity index (χ0) is 18.8. The molecule has 3 N–H and O–H groups in total. The number of hydrogen-bond donors (Lipinski definition) is 3. The van der Waals surface area contributed by atoms with Gasteiger partial charge in [-0.25, -0.2) is 0 Å². The van der Waals surface area contributed by atoms with E-state index < -0.39 is 11.8 Å². The third kappa shape index (κ3) is 6.62. The molecule has 3 amide bonds. The quantitative estimate of drug-likeness (QED) is 0.625. The summed E-state index contributed by atoms with van der Waals surface area (Å²) in [7, 11) is 1.56. The third-order valence-corrected chi connectivity index (χ3v) is 4.17. The minimum Gasteiger partial charge on any atom is -0.497 e. The van der Waals surface area contributed by atoms with E-state index in [2.05, 4.69) is 16.2 Å². The van der Waals surface area contributed by atoms with E-state index in [4.69, 9.17) is 9.47 Å². The summed E-state index contributed by atoms with van der Waals surface area (Å²) in [5.74, 6) is 0.0779. The van der Waals surface area contributed by atoms with Gasteiger partial charge >= 0.3 is 0 Å². The van der Waals surface area contributed by atoms with E-state index >= 15 is 0 Å². The summed E-state index contributed by atoms with van der Waals surface area (Å²) in [6.45, 7) is -0.421. The smallest absolute Gasteiger partial charge is 0.276 e. The molecule has 0 aromatic heterocycles. The number of ether oxygens (including phenoxy) is 2. The molecule has 0 atom stereocenters. The Hall–Kier alpha value is -2.77. The van der Waals surface area contributed by atoms with Gasteiger partial charge in [-0.15, -0.1) is 0 Å². The van der Waals surface area contributed by atoms with Gasteiger partial charge in [-0.3, -0.25) is 25.2 Å². The maximum atomic E-state index is 11.9. The van der Waals surface area contributed by atoms with E-state index in [9.17, 15) is 14.4 Å². The zero-order valence-corrected chi connectivity index (χ0v) is 14.9. The molecular formula is C18H25N3O5. The number of carbonyl (C=O) groups is 3. The number of benzene rings is 1. The van der Waals surface area contributed by atoms with Crippen molar-refractivity contribution in [2.45, 2.75) is 32.1 Å². The highest BCUT2D eigenvalue weighted by Gasteiger charge is 2.21. The van der Waals surface area contributed by atoms with E-state index in [1.165, 1.54) is 0 Å². The lowest BCUT2D eigenvalue weighted by Gasteiger charge is -2.20. The van der Waals surface area contributed by atoms with Crippen molar-refractivity contribution in [2.24, 2.45) is 5.92 Å². The minimum absolute atomic E-state index is 0.0102. The van der Waals surface area contributed by atoms with Crippen LogP contribution in [0.1, 0.15) is 32.1 Å². The first-order valence-corrected chi connectivity index (χ1v) is 8.70. The largest absolute Gasteiger partial charge is 0.497 e. The zero-order valence-electron chi connectivity index (χ0n) is 14.9. The summed E-state index contributed by atoms with van der Waals surface area (Å²) >= 11 is 0. The van der Waals surface area contributed by atoms with E-state index in [1.54, 1.807) is 31.4 Å². The summed E-state index contributed by atoms with van der Waals surface area (Å²) in [6.07, 6.45) is 5.00. The number of nitrogens with one attached hydrogen (secondary N) is 3. The summed E-state index contributed by atoms with van der Waals surface area (Å²) in [5, 5.41) is 2.60. The highest BCUT2D eigenvalue weighted by atomic mass is 16.5. The Morgan fingerprint density at radius 1 is 0.962 bits per heavy atom. The molecule has 0 saturated heterocycles. The van der Waals surface area contributed by atoms with Crippen LogP contribution in [0.4, 0.5) is 0 Å². The first-order chi connectivity index (χ1) is 12.6. The molecule has 2 rings (SSSR count). The van der Waals surface area contributed by atoms with Gasteiger partial charge in [0, 0.05) is 5.92 Å². The van der Waals surface area contributed by atoms with Gasteiger partial charge in [0.1, 0.15) is 11.5 Å². The molecule has 1 aliphatic rings. The van der Waals surface area contributed by atoms with E-state index in [-0.39, 0.29) is 25.0 Å². The predicted octanol–water partition coefficient (Wildman–Crippen LogP) is 0.918. The molecule has 0 unspecified atom stereocenters. The second-order valence-electron chi connectivity index (χ2n) is 6.11. The first kappa shape index (κ1) is 19.6. The second-order valence-corrected chi connectivity index (χ2v) is 6.11. The molecule has 0 spiro atoms. The monoisotopic (exact) mass is 363 g/mol. The van der Waals surface area contributed by atoms with E-state index in [1.807, 2.05) is 0 Å². The van der Waals surface area contributed by atoms with Crippen LogP contribution in [-0.4, -0.2) is 38.0 Å². The molecule has 142 valence electrons. The van der Waals surface area contributed by atoms with Crippen LogP contribution in [0.3, 0.4) is 0 Å². The van der Waals surface area contributed by atoms with E-state index in [0.717, 1.165) is 32.1 Å². The van der Waals surface area contributed by atoms with Crippen LogP contribution in [0.25, 0.3) is 0 Å². The summed E-state index contributed by atoms with van der Waals surface area (Å²) in [5.41, 5.74) is 4.48. The van der Waals surface area contributed by atoms with Gasteiger partial charge in [0.2, 0.25) is 5.91 Å². The predicted molar refractivity (Wildman–Crippen MR) is 94.4 cm³/mol. The molecule has 1 saturated carbocycles. The van der Waals surface area contributed by atoms with Gasteiger partial charge in [0.25, 0.3) is 11.8 Å². The Morgan fingerprint density at radius 3 is 2.23 bits per heavy atom. The molecule has 26 heavy (non-hydrogen) atoms. The number of hydrogen-bond acceptors (Lipinski definition) is 5.